The topological polar surface area (TPSA) is 0 Å². The van der Waals surface area contributed by atoms with Crippen LogP contribution in [0.2, 0.25) is 0 Å². The lowest BCUT2D eigenvalue weighted by Crippen LogP contribution is -2.02. The molecule has 3 heteroatoms. The SMILES string of the molecule is Cc1cc(C)c(C)c(C(Cl)c2sccc2Br)c1C. The molecule has 96 valence electrons. The van der Waals surface area contributed by atoms with E-state index >= 15 is 0 Å². The maximum atomic E-state index is 6.71. The van der Waals surface area contributed by atoms with Gasteiger partial charge in [-0.2, -0.15) is 0 Å². The van der Waals surface area contributed by atoms with Gasteiger partial charge in [0.25, 0.3) is 0 Å². The molecule has 0 aliphatic carbocycles. The van der Waals surface area contributed by atoms with Gasteiger partial charge in [-0.3, -0.25) is 0 Å². The van der Waals surface area contributed by atoms with Crippen LogP contribution in [0.4, 0.5) is 0 Å². The van der Waals surface area contributed by atoms with Gasteiger partial charge in [0.05, 0.1) is 5.38 Å². The first kappa shape index (κ1) is 14.1. The molecular formula is C15H16BrClS. The van der Waals surface area contributed by atoms with Crippen LogP contribution < -0.4 is 0 Å². The molecule has 2 rings (SSSR count). The highest BCUT2D eigenvalue weighted by Gasteiger charge is 2.21. The molecule has 0 bridgehead atoms. The minimum Gasteiger partial charge on any atom is -0.146 e. The van der Waals surface area contributed by atoms with Gasteiger partial charge >= 0.3 is 0 Å². The summed E-state index contributed by atoms with van der Waals surface area (Å²) in [6, 6.07) is 4.30. The Bertz CT molecular complexity index is 560. The van der Waals surface area contributed by atoms with Gasteiger partial charge in [0, 0.05) is 9.35 Å². The molecule has 1 aromatic carbocycles. The second-order valence-corrected chi connectivity index (χ2v) is 6.91. The number of hydrogen-bond acceptors (Lipinski definition) is 1. The summed E-state index contributed by atoms with van der Waals surface area (Å²) in [5.41, 5.74) is 6.49. The molecule has 1 unspecified atom stereocenters. The highest BCUT2D eigenvalue weighted by Crippen LogP contribution is 2.41. The number of benzene rings is 1. The smallest absolute Gasteiger partial charge is 0.0944 e. The molecule has 1 atom stereocenters. The van der Waals surface area contributed by atoms with Crippen LogP contribution in [-0.2, 0) is 0 Å². The van der Waals surface area contributed by atoms with Crippen molar-refractivity contribution in [3.05, 3.63) is 54.7 Å². The summed E-state index contributed by atoms with van der Waals surface area (Å²) in [6.07, 6.45) is 0. The van der Waals surface area contributed by atoms with E-state index in [0.717, 1.165) is 4.47 Å². The standard InChI is InChI=1S/C15H16BrClS/c1-8-7-9(2)11(4)13(10(8)3)14(17)15-12(16)5-6-18-15/h5-7,14H,1-4H3. The van der Waals surface area contributed by atoms with E-state index in [1.807, 2.05) is 0 Å². The van der Waals surface area contributed by atoms with Crippen molar-refractivity contribution in [3.63, 3.8) is 0 Å². The third-order valence-corrected chi connectivity index (χ3v) is 6.05. The summed E-state index contributed by atoms with van der Waals surface area (Å²) in [7, 11) is 0. The molecule has 0 spiro atoms. The molecule has 0 aliphatic rings. The Balaban J connectivity index is 2.61. The lowest BCUT2D eigenvalue weighted by Gasteiger charge is -2.19. The van der Waals surface area contributed by atoms with Gasteiger partial charge in [-0.25, -0.2) is 0 Å². The Morgan fingerprint density at radius 3 is 2.11 bits per heavy atom. The molecule has 1 heterocycles. The fourth-order valence-electron chi connectivity index (χ4n) is 2.24. The Morgan fingerprint density at radius 1 is 1.11 bits per heavy atom. The second-order valence-electron chi connectivity index (χ2n) is 4.67. The number of alkyl halides is 1. The average molecular weight is 344 g/mol. The predicted molar refractivity (Wildman–Crippen MR) is 85.1 cm³/mol. The Morgan fingerprint density at radius 2 is 1.67 bits per heavy atom. The first-order valence-corrected chi connectivity index (χ1v) is 7.98. The Kier molecular flexibility index (Phi) is 4.20. The number of halogens is 2. The van der Waals surface area contributed by atoms with Crippen molar-refractivity contribution in [3.8, 4) is 0 Å². The van der Waals surface area contributed by atoms with E-state index in [1.165, 1.54) is 32.7 Å². The zero-order valence-corrected chi connectivity index (χ0v) is 14.1. The summed E-state index contributed by atoms with van der Waals surface area (Å²) in [5.74, 6) is 0. The maximum absolute atomic E-state index is 6.71. The number of thiophene rings is 1. The van der Waals surface area contributed by atoms with E-state index in [1.54, 1.807) is 11.3 Å². The van der Waals surface area contributed by atoms with Crippen LogP contribution >= 0.6 is 38.9 Å². The minimum atomic E-state index is -0.0713. The maximum Gasteiger partial charge on any atom is 0.0944 e. The van der Waals surface area contributed by atoms with Crippen LogP contribution in [0.1, 0.15) is 38.1 Å². The van der Waals surface area contributed by atoms with Gasteiger partial charge < -0.3 is 0 Å². The number of hydrogen-bond donors (Lipinski definition) is 0. The zero-order valence-electron chi connectivity index (χ0n) is 11.0. The van der Waals surface area contributed by atoms with E-state index in [4.69, 9.17) is 11.6 Å². The summed E-state index contributed by atoms with van der Waals surface area (Å²) < 4.78 is 1.10. The second kappa shape index (κ2) is 5.36. The van der Waals surface area contributed by atoms with Crippen LogP contribution in [-0.4, -0.2) is 0 Å². The third kappa shape index (κ3) is 2.38. The van der Waals surface area contributed by atoms with Gasteiger partial charge in [-0.05, 0) is 82.9 Å². The lowest BCUT2D eigenvalue weighted by molar-refractivity contribution is 1.07. The average Bonchev–Trinajstić information content (AvgIpc) is 2.73. The van der Waals surface area contributed by atoms with Gasteiger partial charge in [0.2, 0.25) is 0 Å². The molecule has 0 radical (unpaired) electrons. The molecule has 0 fully saturated rings. The fourth-order valence-corrected chi connectivity index (χ4v) is 4.56. The molecule has 18 heavy (non-hydrogen) atoms. The van der Waals surface area contributed by atoms with Crippen molar-refractivity contribution in [1.29, 1.82) is 0 Å². The molecular weight excluding hydrogens is 328 g/mol. The van der Waals surface area contributed by atoms with E-state index in [9.17, 15) is 0 Å². The monoisotopic (exact) mass is 342 g/mol. The first-order chi connectivity index (χ1) is 8.43. The van der Waals surface area contributed by atoms with Crippen molar-refractivity contribution in [2.75, 3.05) is 0 Å². The van der Waals surface area contributed by atoms with Gasteiger partial charge in [-0.15, -0.1) is 22.9 Å². The quantitative estimate of drug-likeness (QED) is 0.580. The summed E-state index contributed by atoms with van der Waals surface area (Å²) in [4.78, 5) is 1.19. The van der Waals surface area contributed by atoms with Crippen LogP contribution in [0.25, 0.3) is 0 Å². The fraction of sp³-hybridized carbons (Fsp3) is 0.333. The Hall–Kier alpha value is -0.310. The van der Waals surface area contributed by atoms with Crippen LogP contribution in [0, 0.1) is 27.7 Å². The summed E-state index contributed by atoms with van der Waals surface area (Å²) in [6.45, 7) is 8.62. The molecule has 0 saturated carbocycles. The third-order valence-electron chi connectivity index (χ3n) is 3.55. The van der Waals surface area contributed by atoms with Crippen molar-refractivity contribution in [2.45, 2.75) is 33.1 Å². The van der Waals surface area contributed by atoms with Crippen molar-refractivity contribution < 1.29 is 0 Å². The predicted octanol–water partition coefficient (Wildman–Crippen LogP) is 6.07. The van der Waals surface area contributed by atoms with Gasteiger partial charge in [-0.1, -0.05) is 6.07 Å². The van der Waals surface area contributed by atoms with Crippen LogP contribution in [0.5, 0.6) is 0 Å². The minimum absolute atomic E-state index is 0.0713. The molecule has 0 saturated heterocycles. The molecule has 1 aromatic heterocycles. The highest BCUT2D eigenvalue weighted by atomic mass is 79.9. The van der Waals surface area contributed by atoms with Crippen LogP contribution in [0.3, 0.4) is 0 Å². The van der Waals surface area contributed by atoms with Gasteiger partial charge in [0.1, 0.15) is 0 Å². The van der Waals surface area contributed by atoms with E-state index < -0.39 is 0 Å². The van der Waals surface area contributed by atoms with E-state index in [2.05, 4.69) is 61.1 Å². The van der Waals surface area contributed by atoms with Gasteiger partial charge in [0.15, 0.2) is 0 Å². The largest absolute Gasteiger partial charge is 0.146 e. The molecule has 0 nitrogen and oxygen atoms in total. The number of aryl methyl sites for hydroxylation is 2. The molecule has 0 N–H and O–H groups in total. The number of rotatable bonds is 2. The zero-order chi connectivity index (χ0) is 13.4. The van der Waals surface area contributed by atoms with E-state index in [-0.39, 0.29) is 5.38 Å². The molecule has 0 amide bonds. The highest BCUT2D eigenvalue weighted by molar-refractivity contribution is 9.10. The van der Waals surface area contributed by atoms with Crippen LogP contribution in [0.15, 0.2) is 22.0 Å². The van der Waals surface area contributed by atoms with Crippen molar-refractivity contribution in [1.82, 2.24) is 0 Å². The molecule has 0 aliphatic heterocycles. The van der Waals surface area contributed by atoms with Crippen molar-refractivity contribution >= 4 is 38.9 Å². The lowest BCUT2D eigenvalue weighted by atomic mass is 9.92. The summed E-state index contributed by atoms with van der Waals surface area (Å²) in [5, 5.41) is 2.00. The molecule has 2 aromatic rings. The van der Waals surface area contributed by atoms with E-state index in [0.29, 0.717) is 0 Å². The normalized spacial score (nSPS) is 12.8. The van der Waals surface area contributed by atoms with Crippen molar-refractivity contribution in [2.24, 2.45) is 0 Å². The Labute approximate surface area is 126 Å². The summed E-state index contributed by atoms with van der Waals surface area (Å²) >= 11 is 12.0. The first-order valence-electron chi connectivity index (χ1n) is 5.87.